The zero-order valence-electron chi connectivity index (χ0n) is 10.2. The van der Waals surface area contributed by atoms with Gasteiger partial charge in [-0.1, -0.05) is 0 Å². The lowest BCUT2D eigenvalue weighted by Crippen LogP contribution is -2.52. The first kappa shape index (κ1) is 12.3. The fourth-order valence-electron chi connectivity index (χ4n) is 1.71. The third kappa shape index (κ3) is 2.93. The maximum Gasteiger partial charge on any atom is 0.242 e. The Morgan fingerprint density at radius 1 is 1.50 bits per heavy atom. The summed E-state index contributed by atoms with van der Waals surface area (Å²) in [5.74, 6) is 0.278. The molecule has 0 spiro atoms. The molecule has 1 aromatic heterocycles. The van der Waals surface area contributed by atoms with Crippen LogP contribution in [-0.2, 0) is 9.59 Å². The predicted molar refractivity (Wildman–Crippen MR) is 64.9 cm³/mol. The topological polar surface area (TPSA) is 78.4 Å². The average Bonchev–Trinajstić information content (AvgIpc) is 2.39. The van der Waals surface area contributed by atoms with Crippen molar-refractivity contribution in [2.24, 2.45) is 0 Å². The Labute approximate surface area is 105 Å². The highest BCUT2D eigenvalue weighted by Crippen LogP contribution is 2.03. The Bertz CT molecular complexity index is 436. The van der Waals surface area contributed by atoms with Gasteiger partial charge in [-0.25, -0.2) is 9.97 Å². The van der Waals surface area contributed by atoms with Crippen molar-refractivity contribution in [2.75, 3.05) is 38.1 Å². The Balaban J connectivity index is 1.93. The molecule has 1 N–H and O–H groups in total. The van der Waals surface area contributed by atoms with E-state index in [1.54, 1.807) is 30.4 Å². The van der Waals surface area contributed by atoms with Crippen molar-refractivity contribution >= 4 is 17.8 Å². The number of hydrogen-bond acceptors (Lipinski definition) is 5. The van der Waals surface area contributed by atoms with Gasteiger partial charge in [0.05, 0.1) is 13.1 Å². The highest BCUT2D eigenvalue weighted by molar-refractivity contribution is 5.87. The second-order valence-electron chi connectivity index (χ2n) is 4.07. The molecule has 1 fully saturated rings. The van der Waals surface area contributed by atoms with Crippen molar-refractivity contribution in [3.8, 4) is 0 Å². The van der Waals surface area contributed by atoms with E-state index in [1.165, 1.54) is 4.90 Å². The molecule has 96 valence electrons. The summed E-state index contributed by atoms with van der Waals surface area (Å²) in [7, 11) is 1.75. The van der Waals surface area contributed by atoms with Crippen LogP contribution < -0.4 is 10.2 Å². The minimum absolute atomic E-state index is 0.0974. The molecule has 0 aliphatic carbocycles. The molecule has 1 aliphatic rings. The number of hydrogen-bond donors (Lipinski definition) is 1. The quantitative estimate of drug-likeness (QED) is 0.733. The molecule has 0 aromatic carbocycles. The van der Waals surface area contributed by atoms with Gasteiger partial charge in [-0.3, -0.25) is 9.59 Å². The van der Waals surface area contributed by atoms with Crippen LogP contribution in [0.2, 0.25) is 0 Å². The summed E-state index contributed by atoms with van der Waals surface area (Å²) in [5, 5.41) is 2.68. The number of rotatable bonds is 3. The monoisotopic (exact) mass is 249 g/mol. The number of carbonyl (C=O) groups is 2. The van der Waals surface area contributed by atoms with Gasteiger partial charge in [0.15, 0.2) is 0 Å². The van der Waals surface area contributed by atoms with Gasteiger partial charge in [-0.2, -0.15) is 0 Å². The second kappa shape index (κ2) is 5.44. The molecule has 0 saturated carbocycles. The number of carbonyl (C=O) groups excluding carboxylic acids is 2. The Kier molecular flexibility index (Phi) is 3.71. The SMILES string of the molecule is CN(CC(=O)N1CCNC(=O)C1)c1ncccn1. The van der Waals surface area contributed by atoms with Gasteiger partial charge < -0.3 is 15.1 Å². The smallest absolute Gasteiger partial charge is 0.242 e. The third-order valence-electron chi connectivity index (χ3n) is 2.66. The lowest BCUT2D eigenvalue weighted by atomic mass is 10.3. The van der Waals surface area contributed by atoms with E-state index >= 15 is 0 Å². The fraction of sp³-hybridized carbons (Fsp3) is 0.455. The molecule has 0 atom stereocenters. The molecule has 1 aromatic rings. The molecule has 18 heavy (non-hydrogen) atoms. The molecule has 2 rings (SSSR count). The van der Waals surface area contributed by atoms with Gasteiger partial charge in [0.1, 0.15) is 0 Å². The van der Waals surface area contributed by atoms with E-state index < -0.39 is 0 Å². The summed E-state index contributed by atoms with van der Waals surface area (Å²) in [4.78, 5) is 34.5. The van der Waals surface area contributed by atoms with Gasteiger partial charge in [0, 0.05) is 32.5 Å². The maximum absolute atomic E-state index is 12.0. The number of piperazine rings is 1. The Hall–Kier alpha value is -2.18. The zero-order valence-corrected chi connectivity index (χ0v) is 10.2. The standard InChI is InChI=1S/C11H15N5O2/c1-15(11-13-3-2-4-14-11)8-10(18)16-6-5-12-9(17)7-16/h2-4H,5-8H2,1H3,(H,12,17). The molecular weight excluding hydrogens is 234 g/mol. The van der Waals surface area contributed by atoms with Crippen molar-refractivity contribution < 1.29 is 9.59 Å². The van der Waals surface area contributed by atoms with Crippen molar-refractivity contribution in [2.45, 2.75) is 0 Å². The summed E-state index contributed by atoms with van der Waals surface area (Å²) in [5.41, 5.74) is 0. The maximum atomic E-state index is 12.0. The van der Waals surface area contributed by atoms with Gasteiger partial charge in [0.2, 0.25) is 17.8 Å². The van der Waals surface area contributed by atoms with E-state index in [4.69, 9.17) is 0 Å². The summed E-state index contributed by atoms with van der Waals surface area (Å²) >= 11 is 0. The van der Waals surface area contributed by atoms with Crippen LogP contribution in [0, 0.1) is 0 Å². The molecule has 1 saturated heterocycles. The van der Waals surface area contributed by atoms with Crippen molar-refractivity contribution in [3.05, 3.63) is 18.5 Å². The average molecular weight is 249 g/mol. The minimum atomic E-state index is -0.117. The van der Waals surface area contributed by atoms with E-state index in [9.17, 15) is 9.59 Å². The number of likely N-dealkylation sites (N-methyl/N-ethyl adjacent to an activating group) is 1. The summed E-state index contributed by atoms with van der Waals surface area (Å²) in [6.45, 7) is 1.35. The van der Waals surface area contributed by atoms with Gasteiger partial charge in [0.25, 0.3) is 0 Å². The van der Waals surface area contributed by atoms with Crippen molar-refractivity contribution in [3.63, 3.8) is 0 Å². The molecule has 2 heterocycles. The number of nitrogens with zero attached hydrogens (tertiary/aromatic N) is 4. The zero-order chi connectivity index (χ0) is 13.0. The summed E-state index contributed by atoms with van der Waals surface area (Å²) in [6, 6.07) is 1.72. The number of nitrogens with one attached hydrogen (secondary N) is 1. The van der Waals surface area contributed by atoms with Crippen LogP contribution in [0.5, 0.6) is 0 Å². The predicted octanol–water partition coefficient (Wildman–Crippen LogP) is -1.13. The van der Waals surface area contributed by atoms with E-state index in [0.717, 1.165) is 0 Å². The molecule has 0 bridgehead atoms. The summed E-state index contributed by atoms with van der Waals surface area (Å²) in [6.07, 6.45) is 3.25. The van der Waals surface area contributed by atoms with E-state index in [-0.39, 0.29) is 24.9 Å². The van der Waals surface area contributed by atoms with E-state index in [1.807, 2.05) is 0 Å². The minimum Gasteiger partial charge on any atom is -0.353 e. The van der Waals surface area contributed by atoms with Gasteiger partial charge >= 0.3 is 0 Å². The van der Waals surface area contributed by atoms with Crippen LogP contribution in [-0.4, -0.2) is 59.9 Å². The first-order valence-corrected chi connectivity index (χ1v) is 5.69. The first-order valence-electron chi connectivity index (χ1n) is 5.69. The largest absolute Gasteiger partial charge is 0.353 e. The number of aromatic nitrogens is 2. The molecule has 0 unspecified atom stereocenters. The molecule has 2 amide bonds. The third-order valence-corrected chi connectivity index (χ3v) is 2.66. The molecule has 7 heteroatoms. The molecular formula is C11H15N5O2. The number of amides is 2. The Morgan fingerprint density at radius 2 is 2.22 bits per heavy atom. The van der Waals surface area contributed by atoms with Crippen LogP contribution in [0.3, 0.4) is 0 Å². The van der Waals surface area contributed by atoms with Crippen molar-refractivity contribution in [1.82, 2.24) is 20.2 Å². The van der Waals surface area contributed by atoms with Crippen molar-refractivity contribution in [1.29, 1.82) is 0 Å². The highest BCUT2D eigenvalue weighted by Gasteiger charge is 2.22. The molecule has 1 aliphatic heterocycles. The molecule has 7 nitrogen and oxygen atoms in total. The van der Waals surface area contributed by atoms with Crippen LogP contribution in [0.15, 0.2) is 18.5 Å². The second-order valence-corrected chi connectivity index (χ2v) is 4.07. The highest BCUT2D eigenvalue weighted by atomic mass is 16.2. The number of anilines is 1. The van der Waals surface area contributed by atoms with Crippen LogP contribution in [0.4, 0.5) is 5.95 Å². The van der Waals surface area contributed by atoms with Crippen LogP contribution >= 0.6 is 0 Å². The van der Waals surface area contributed by atoms with Gasteiger partial charge in [-0.15, -0.1) is 0 Å². The van der Waals surface area contributed by atoms with Crippen LogP contribution in [0.25, 0.3) is 0 Å². The Morgan fingerprint density at radius 3 is 2.89 bits per heavy atom. The van der Waals surface area contributed by atoms with Crippen LogP contribution in [0.1, 0.15) is 0 Å². The normalized spacial score (nSPS) is 15.2. The molecule has 0 radical (unpaired) electrons. The van der Waals surface area contributed by atoms with Gasteiger partial charge in [-0.05, 0) is 6.07 Å². The van der Waals surface area contributed by atoms with E-state index in [2.05, 4.69) is 15.3 Å². The first-order chi connectivity index (χ1) is 8.66. The fourth-order valence-corrected chi connectivity index (χ4v) is 1.71. The lowest BCUT2D eigenvalue weighted by Gasteiger charge is -2.28. The summed E-state index contributed by atoms with van der Waals surface area (Å²) < 4.78 is 0. The lowest BCUT2D eigenvalue weighted by molar-refractivity contribution is -0.137. The van der Waals surface area contributed by atoms with E-state index in [0.29, 0.717) is 19.0 Å².